The van der Waals surface area contributed by atoms with E-state index in [2.05, 4.69) is 11.6 Å². The van der Waals surface area contributed by atoms with Crippen LogP contribution in [0.2, 0.25) is 0 Å². The van der Waals surface area contributed by atoms with E-state index >= 15 is 0 Å². The molecule has 2 rings (SSSR count). The van der Waals surface area contributed by atoms with Gasteiger partial charge in [0.1, 0.15) is 5.75 Å². The summed E-state index contributed by atoms with van der Waals surface area (Å²) in [4.78, 5) is 0.336. The predicted octanol–water partition coefficient (Wildman–Crippen LogP) is 4.07. The van der Waals surface area contributed by atoms with Crippen LogP contribution in [0.1, 0.15) is 64.9 Å². The predicted molar refractivity (Wildman–Crippen MR) is 93.4 cm³/mol. The van der Waals surface area contributed by atoms with Crippen molar-refractivity contribution in [3.05, 3.63) is 23.8 Å². The Morgan fingerprint density at radius 3 is 2.57 bits per heavy atom. The van der Waals surface area contributed by atoms with Gasteiger partial charge in [-0.3, -0.25) is 0 Å². The molecule has 0 radical (unpaired) electrons. The number of hydrogen-bond donors (Lipinski definition) is 1. The summed E-state index contributed by atoms with van der Waals surface area (Å²) in [6.45, 7) is 8.73. The van der Waals surface area contributed by atoms with Gasteiger partial charge in [-0.2, -0.15) is 0 Å². The standard InChI is InChI=1S/C18H29NO3S/c1-5-22-18-11-10-15(12-16(18)13(2)3)23(20,21)19-17-9-7-6-8-14(17)4/h10-14,17,19H,5-9H2,1-4H3/t14-,17-/m0/s1. The maximum absolute atomic E-state index is 12.7. The zero-order valence-corrected chi connectivity index (χ0v) is 15.4. The largest absolute Gasteiger partial charge is 0.494 e. The summed E-state index contributed by atoms with van der Waals surface area (Å²) in [5.74, 6) is 1.37. The summed E-state index contributed by atoms with van der Waals surface area (Å²) in [5, 5.41) is 0. The maximum atomic E-state index is 12.7. The van der Waals surface area contributed by atoms with Gasteiger partial charge in [0, 0.05) is 6.04 Å². The molecule has 2 atom stereocenters. The molecular weight excluding hydrogens is 310 g/mol. The zero-order valence-electron chi connectivity index (χ0n) is 14.6. The molecule has 1 aromatic rings. The molecule has 5 heteroatoms. The van der Waals surface area contributed by atoms with Crippen LogP contribution in [-0.4, -0.2) is 21.1 Å². The van der Waals surface area contributed by atoms with Crippen molar-refractivity contribution in [2.45, 2.75) is 70.2 Å². The van der Waals surface area contributed by atoms with E-state index in [4.69, 9.17) is 4.74 Å². The Balaban J connectivity index is 2.26. The molecule has 0 saturated heterocycles. The molecule has 0 aliphatic heterocycles. The molecule has 4 nitrogen and oxygen atoms in total. The first kappa shape index (κ1) is 18.3. The third-order valence-electron chi connectivity index (χ3n) is 4.63. The van der Waals surface area contributed by atoms with Gasteiger partial charge in [0.25, 0.3) is 0 Å². The number of nitrogens with one attached hydrogen (secondary N) is 1. The van der Waals surface area contributed by atoms with Crippen LogP contribution in [-0.2, 0) is 10.0 Å². The summed E-state index contributed by atoms with van der Waals surface area (Å²) in [5.41, 5.74) is 0.936. The van der Waals surface area contributed by atoms with Gasteiger partial charge in [0.2, 0.25) is 10.0 Å². The van der Waals surface area contributed by atoms with Crippen molar-refractivity contribution in [1.29, 1.82) is 0 Å². The zero-order chi connectivity index (χ0) is 17.0. The SMILES string of the molecule is CCOc1ccc(S(=O)(=O)N[C@H]2CCCC[C@@H]2C)cc1C(C)C. The van der Waals surface area contributed by atoms with E-state index in [1.807, 2.05) is 20.8 Å². The van der Waals surface area contributed by atoms with E-state index in [9.17, 15) is 8.42 Å². The smallest absolute Gasteiger partial charge is 0.240 e. The monoisotopic (exact) mass is 339 g/mol. The molecule has 0 amide bonds. The highest BCUT2D eigenvalue weighted by Gasteiger charge is 2.27. The second-order valence-electron chi connectivity index (χ2n) is 6.78. The number of rotatable bonds is 6. The Bertz CT molecular complexity index is 625. The lowest BCUT2D eigenvalue weighted by molar-refractivity contribution is 0.310. The van der Waals surface area contributed by atoms with Crippen LogP contribution in [0.3, 0.4) is 0 Å². The lowest BCUT2D eigenvalue weighted by atomic mass is 9.87. The topological polar surface area (TPSA) is 55.4 Å². The summed E-state index contributed by atoms with van der Waals surface area (Å²) < 4.78 is 34.0. The minimum absolute atomic E-state index is 0.0443. The van der Waals surface area contributed by atoms with Crippen molar-refractivity contribution in [1.82, 2.24) is 4.72 Å². The number of benzene rings is 1. The average Bonchev–Trinajstić information content (AvgIpc) is 2.50. The molecule has 1 aliphatic carbocycles. The molecule has 1 N–H and O–H groups in total. The Hall–Kier alpha value is -1.07. The van der Waals surface area contributed by atoms with Crippen molar-refractivity contribution in [3.63, 3.8) is 0 Å². The second-order valence-corrected chi connectivity index (χ2v) is 8.49. The summed E-state index contributed by atoms with van der Waals surface area (Å²) in [7, 11) is -3.49. The van der Waals surface area contributed by atoms with Crippen molar-refractivity contribution in [2.75, 3.05) is 6.61 Å². The molecular formula is C18H29NO3S. The fraction of sp³-hybridized carbons (Fsp3) is 0.667. The highest BCUT2D eigenvalue weighted by molar-refractivity contribution is 7.89. The maximum Gasteiger partial charge on any atom is 0.240 e. The molecule has 0 unspecified atom stereocenters. The first-order valence-electron chi connectivity index (χ1n) is 8.64. The van der Waals surface area contributed by atoms with Crippen molar-refractivity contribution in [3.8, 4) is 5.75 Å². The fourth-order valence-electron chi connectivity index (χ4n) is 3.19. The normalized spacial score (nSPS) is 22.3. The Morgan fingerprint density at radius 1 is 1.26 bits per heavy atom. The first-order chi connectivity index (χ1) is 10.8. The van der Waals surface area contributed by atoms with E-state index in [-0.39, 0.29) is 12.0 Å². The van der Waals surface area contributed by atoms with Crippen LogP contribution in [0.25, 0.3) is 0 Å². The first-order valence-corrected chi connectivity index (χ1v) is 10.1. The minimum atomic E-state index is -3.49. The van der Waals surface area contributed by atoms with Crippen LogP contribution in [0.5, 0.6) is 5.75 Å². The van der Waals surface area contributed by atoms with Crippen LogP contribution in [0.4, 0.5) is 0 Å². The summed E-state index contributed by atoms with van der Waals surface area (Å²) in [6.07, 6.45) is 4.31. The van der Waals surface area contributed by atoms with Gasteiger partial charge in [-0.15, -0.1) is 0 Å². The molecule has 0 spiro atoms. The van der Waals surface area contributed by atoms with Crippen LogP contribution >= 0.6 is 0 Å². The van der Waals surface area contributed by atoms with Crippen LogP contribution in [0, 0.1) is 5.92 Å². The van der Waals surface area contributed by atoms with Crippen molar-refractivity contribution in [2.24, 2.45) is 5.92 Å². The van der Waals surface area contributed by atoms with Gasteiger partial charge < -0.3 is 4.74 Å². The Morgan fingerprint density at radius 2 is 1.96 bits per heavy atom. The van der Waals surface area contributed by atoms with Crippen molar-refractivity contribution >= 4 is 10.0 Å². The number of ether oxygens (including phenoxy) is 1. The molecule has 1 fully saturated rings. The highest BCUT2D eigenvalue weighted by Crippen LogP contribution is 2.30. The molecule has 1 aromatic carbocycles. The van der Waals surface area contributed by atoms with Gasteiger partial charge in [0.15, 0.2) is 0 Å². The number of sulfonamides is 1. The second kappa shape index (κ2) is 7.67. The van der Waals surface area contributed by atoms with Gasteiger partial charge in [-0.1, -0.05) is 33.6 Å². The van der Waals surface area contributed by atoms with Gasteiger partial charge in [0.05, 0.1) is 11.5 Å². The van der Waals surface area contributed by atoms with Crippen molar-refractivity contribution < 1.29 is 13.2 Å². The third-order valence-corrected chi connectivity index (χ3v) is 6.12. The molecule has 0 bridgehead atoms. The molecule has 0 aromatic heterocycles. The third kappa shape index (κ3) is 4.48. The van der Waals surface area contributed by atoms with Gasteiger partial charge in [-0.05, 0) is 55.4 Å². The molecule has 1 saturated carbocycles. The summed E-state index contributed by atoms with van der Waals surface area (Å²) in [6, 6.07) is 5.22. The lowest BCUT2D eigenvalue weighted by Crippen LogP contribution is -2.41. The van der Waals surface area contributed by atoms with Gasteiger partial charge >= 0.3 is 0 Å². The van der Waals surface area contributed by atoms with E-state index in [0.717, 1.165) is 30.6 Å². The molecule has 1 aliphatic rings. The van der Waals surface area contributed by atoms with Gasteiger partial charge in [-0.25, -0.2) is 13.1 Å². The van der Waals surface area contributed by atoms with E-state index in [1.165, 1.54) is 6.42 Å². The number of hydrogen-bond acceptors (Lipinski definition) is 3. The minimum Gasteiger partial charge on any atom is -0.494 e. The van der Waals surface area contributed by atoms with E-state index in [1.54, 1.807) is 18.2 Å². The summed E-state index contributed by atoms with van der Waals surface area (Å²) >= 11 is 0. The Kier molecular flexibility index (Phi) is 6.09. The fourth-order valence-corrected chi connectivity index (χ4v) is 4.60. The lowest BCUT2D eigenvalue weighted by Gasteiger charge is -2.29. The van der Waals surface area contributed by atoms with E-state index in [0.29, 0.717) is 17.4 Å². The molecule has 130 valence electrons. The Labute approximate surface area is 140 Å². The molecule has 0 heterocycles. The molecule has 23 heavy (non-hydrogen) atoms. The van der Waals surface area contributed by atoms with Crippen LogP contribution in [0.15, 0.2) is 23.1 Å². The average molecular weight is 340 g/mol. The van der Waals surface area contributed by atoms with Crippen LogP contribution < -0.4 is 9.46 Å². The highest BCUT2D eigenvalue weighted by atomic mass is 32.2. The van der Waals surface area contributed by atoms with E-state index < -0.39 is 10.0 Å². The quantitative estimate of drug-likeness (QED) is 0.850.